The summed E-state index contributed by atoms with van der Waals surface area (Å²) in [6.45, 7) is 5.83. The third kappa shape index (κ3) is 4.03. The van der Waals surface area contributed by atoms with Crippen LogP contribution in [0.5, 0.6) is 0 Å². The van der Waals surface area contributed by atoms with Gasteiger partial charge in [0.25, 0.3) is 5.69 Å². The molecule has 0 aromatic heterocycles. The molecule has 0 atom stereocenters. The predicted molar refractivity (Wildman–Crippen MR) is 92.2 cm³/mol. The maximum Gasteiger partial charge on any atom is 0.269 e. The van der Waals surface area contributed by atoms with Crippen LogP contribution in [0.15, 0.2) is 24.3 Å². The molecule has 3 rings (SSSR count). The first-order valence-electron chi connectivity index (χ1n) is 8.63. The van der Waals surface area contributed by atoms with Gasteiger partial charge in [-0.3, -0.25) is 19.8 Å². The van der Waals surface area contributed by atoms with Crippen molar-refractivity contribution >= 4 is 17.3 Å². The molecule has 2 heterocycles. The van der Waals surface area contributed by atoms with Crippen LogP contribution in [0, 0.1) is 10.1 Å². The summed E-state index contributed by atoms with van der Waals surface area (Å²) in [5.41, 5.74) is 1.12. The minimum absolute atomic E-state index is 0.117. The van der Waals surface area contributed by atoms with Crippen LogP contribution in [-0.4, -0.2) is 66.4 Å². The largest absolute Gasteiger partial charge is 0.370 e. The highest BCUT2D eigenvalue weighted by molar-refractivity contribution is 5.78. The number of rotatable bonds is 4. The van der Waals surface area contributed by atoms with Gasteiger partial charge in [0.1, 0.15) is 0 Å². The second-order valence-electron chi connectivity index (χ2n) is 6.48. The minimum Gasteiger partial charge on any atom is -0.370 e. The van der Waals surface area contributed by atoms with Gasteiger partial charge in [0.2, 0.25) is 5.91 Å². The van der Waals surface area contributed by atoms with E-state index in [0.717, 1.165) is 64.2 Å². The topological polar surface area (TPSA) is 69.9 Å². The summed E-state index contributed by atoms with van der Waals surface area (Å²) >= 11 is 0. The van der Waals surface area contributed by atoms with E-state index in [-0.39, 0.29) is 16.5 Å². The normalized spacial score (nSPS) is 19.3. The summed E-state index contributed by atoms with van der Waals surface area (Å²) in [4.78, 5) is 29.1. The summed E-state index contributed by atoms with van der Waals surface area (Å²) in [5, 5.41) is 10.7. The number of likely N-dealkylation sites (tertiary alicyclic amines) is 1. The van der Waals surface area contributed by atoms with Gasteiger partial charge in [-0.25, -0.2) is 0 Å². The molecule has 2 saturated heterocycles. The zero-order chi connectivity index (χ0) is 16.9. The van der Waals surface area contributed by atoms with Crippen molar-refractivity contribution in [2.45, 2.75) is 19.3 Å². The summed E-state index contributed by atoms with van der Waals surface area (Å²) < 4.78 is 0. The van der Waals surface area contributed by atoms with Crippen molar-refractivity contribution in [1.82, 2.24) is 9.80 Å². The lowest BCUT2D eigenvalue weighted by Gasteiger charge is -2.24. The van der Waals surface area contributed by atoms with E-state index >= 15 is 0 Å². The van der Waals surface area contributed by atoms with Crippen LogP contribution in [0.2, 0.25) is 0 Å². The Labute approximate surface area is 142 Å². The van der Waals surface area contributed by atoms with Crippen LogP contribution < -0.4 is 4.90 Å². The highest BCUT2D eigenvalue weighted by Gasteiger charge is 2.22. The molecular weight excluding hydrogens is 308 g/mol. The summed E-state index contributed by atoms with van der Waals surface area (Å²) in [6.07, 6.45) is 3.24. The van der Waals surface area contributed by atoms with Crippen molar-refractivity contribution in [1.29, 1.82) is 0 Å². The fourth-order valence-corrected chi connectivity index (χ4v) is 3.43. The Hall–Kier alpha value is -2.15. The third-order valence-corrected chi connectivity index (χ3v) is 4.83. The highest BCUT2D eigenvalue weighted by atomic mass is 16.6. The van der Waals surface area contributed by atoms with Crippen LogP contribution in [0.4, 0.5) is 11.4 Å². The molecular formula is C17H24N4O3. The number of nitro benzene ring substituents is 1. The standard InChI is InChI=1S/C17H24N4O3/c22-17(20-9-1-2-10-20)14-18-8-3-11-19(13-12-18)15-4-6-16(7-5-15)21(23)24/h4-7H,1-3,8-14H2. The molecule has 7 nitrogen and oxygen atoms in total. The van der Waals surface area contributed by atoms with Gasteiger partial charge in [0.05, 0.1) is 11.5 Å². The van der Waals surface area contributed by atoms with Gasteiger partial charge in [-0.2, -0.15) is 0 Å². The number of hydrogen-bond donors (Lipinski definition) is 0. The number of hydrogen-bond acceptors (Lipinski definition) is 5. The van der Waals surface area contributed by atoms with Crippen molar-refractivity contribution < 1.29 is 9.72 Å². The maximum atomic E-state index is 12.3. The van der Waals surface area contributed by atoms with Gasteiger partial charge in [-0.15, -0.1) is 0 Å². The summed E-state index contributed by atoms with van der Waals surface area (Å²) in [6, 6.07) is 6.72. The Morgan fingerprint density at radius 2 is 1.67 bits per heavy atom. The molecule has 2 fully saturated rings. The summed E-state index contributed by atoms with van der Waals surface area (Å²) in [5.74, 6) is 0.247. The van der Waals surface area contributed by atoms with E-state index in [1.165, 1.54) is 0 Å². The predicted octanol–water partition coefficient (Wildman–Crippen LogP) is 1.73. The van der Waals surface area contributed by atoms with Crippen LogP contribution in [0.1, 0.15) is 19.3 Å². The molecule has 1 amide bonds. The maximum absolute atomic E-state index is 12.3. The second-order valence-corrected chi connectivity index (χ2v) is 6.48. The quantitative estimate of drug-likeness (QED) is 0.620. The molecule has 0 aliphatic carbocycles. The number of nitro groups is 1. The average molecular weight is 332 g/mol. The number of benzene rings is 1. The number of anilines is 1. The molecule has 0 radical (unpaired) electrons. The van der Waals surface area contributed by atoms with E-state index < -0.39 is 0 Å². The van der Waals surface area contributed by atoms with E-state index in [9.17, 15) is 14.9 Å². The molecule has 2 aliphatic heterocycles. The molecule has 0 spiro atoms. The summed E-state index contributed by atoms with van der Waals surface area (Å²) in [7, 11) is 0. The molecule has 7 heteroatoms. The van der Waals surface area contributed by atoms with E-state index in [0.29, 0.717) is 6.54 Å². The molecule has 0 bridgehead atoms. The monoisotopic (exact) mass is 332 g/mol. The van der Waals surface area contributed by atoms with Crippen molar-refractivity contribution in [3.63, 3.8) is 0 Å². The molecule has 2 aliphatic rings. The SMILES string of the molecule is O=C(CN1CCCN(c2ccc([N+](=O)[O-])cc2)CC1)N1CCCC1. The first-order valence-corrected chi connectivity index (χ1v) is 8.63. The fraction of sp³-hybridized carbons (Fsp3) is 0.588. The van der Waals surface area contributed by atoms with Crippen molar-refractivity contribution in [2.24, 2.45) is 0 Å². The van der Waals surface area contributed by atoms with Gasteiger partial charge in [-0.1, -0.05) is 0 Å². The zero-order valence-electron chi connectivity index (χ0n) is 13.9. The first-order chi connectivity index (χ1) is 11.6. The molecule has 0 unspecified atom stereocenters. The van der Waals surface area contributed by atoms with E-state index in [2.05, 4.69) is 9.80 Å². The van der Waals surface area contributed by atoms with Crippen LogP contribution >= 0.6 is 0 Å². The first kappa shape index (κ1) is 16.7. The Balaban J connectivity index is 1.54. The molecule has 1 aromatic carbocycles. The Morgan fingerprint density at radius 3 is 2.33 bits per heavy atom. The Kier molecular flexibility index (Phi) is 5.30. The number of nitrogens with zero attached hydrogens (tertiary/aromatic N) is 4. The second kappa shape index (κ2) is 7.61. The number of non-ortho nitro benzene ring substituents is 1. The Bertz CT molecular complexity index is 584. The van der Waals surface area contributed by atoms with E-state index in [4.69, 9.17) is 0 Å². The minimum atomic E-state index is -0.377. The van der Waals surface area contributed by atoms with Gasteiger partial charge in [0.15, 0.2) is 0 Å². The Morgan fingerprint density at radius 1 is 0.958 bits per heavy atom. The van der Waals surface area contributed by atoms with Gasteiger partial charge in [0, 0.05) is 57.1 Å². The lowest BCUT2D eigenvalue weighted by molar-refractivity contribution is -0.384. The molecule has 0 N–H and O–H groups in total. The molecule has 130 valence electrons. The van der Waals surface area contributed by atoms with Crippen molar-refractivity contribution in [3.8, 4) is 0 Å². The van der Waals surface area contributed by atoms with E-state index in [1.807, 2.05) is 17.0 Å². The zero-order valence-corrected chi connectivity index (χ0v) is 13.9. The lowest BCUT2D eigenvalue weighted by Crippen LogP contribution is -2.40. The van der Waals surface area contributed by atoms with E-state index in [1.54, 1.807) is 12.1 Å². The molecule has 24 heavy (non-hydrogen) atoms. The van der Waals surface area contributed by atoms with Gasteiger partial charge < -0.3 is 9.80 Å². The number of carbonyl (C=O) groups excluding carboxylic acids is 1. The number of amides is 1. The van der Waals surface area contributed by atoms with Crippen LogP contribution in [0.25, 0.3) is 0 Å². The molecule has 1 aromatic rings. The van der Waals surface area contributed by atoms with Crippen molar-refractivity contribution in [3.05, 3.63) is 34.4 Å². The number of carbonyl (C=O) groups is 1. The van der Waals surface area contributed by atoms with Crippen molar-refractivity contribution in [2.75, 3.05) is 50.7 Å². The lowest BCUT2D eigenvalue weighted by atomic mass is 10.2. The average Bonchev–Trinajstić information content (AvgIpc) is 3.03. The van der Waals surface area contributed by atoms with Crippen LogP contribution in [-0.2, 0) is 4.79 Å². The smallest absolute Gasteiger partial charge is 0.269 e. The molecule has 0 saturated carbocycles. The highest BCUT2D eigenvalue weighted by Crippen LogP contribution is 2.20. The third-order valence-electron chi connectivity index (χ3n) is 4.83. The fourth-order valence-electron chi connectivity index (χ4n) is 3.43. The van der Waals surface area contributed by atoms with Gasteiger partial charge in [-0.05, 0) is 31.4 Å². The van der Waals surface area contributed by atoms with Gasteiger partial charge >= 0.3 is 0 Å². The van der Waals surface area contributed by atoms with Crippen LogP contribution in [0.3, 0.4) is 0 Å².